The summed E-state index contributed by atoms with van der Waals surface area (Å²) in [6.07, 6.45) is 7.89. The molecule has 0 amide bonds. The lowest BCUT2D eigenvalue weighted by molar-refractivity contribution is -0.384. The molecule has 2 aromatic heterocycles. The molecule has 0 atom stereocenters. The van der Waals surface area contributed by atoms with E-state index in [1.54, 1.807) is 31.7 Å². The molecule has 0 unspecified atom stereocenters. The topological polar surface area (TPSA) is 77.1 Å². The van der Waals surface area contributed by atoms with Crippen LogP contribution >= 0.6 is 0 Å². The van der Waals surface area contributed by atoms with E-state index in [9.17, 15) is 10.1 Å². The van der Waals surface area contributed by atoms with Crippen molar-refractivity contribution in [1.29, 1.82) is 0 Å². The van der Waals surface area contributed by atoms with Crippen molar-refractivity contribution in [3.63, 3.8) is 0 Å². The predicted molar refractivity (Wildman–Crippen MR) is 75.7 cm³/mol. The maximum Gasteiger partial charge on any atom is 0.311 e. The van der Waals surface area contributed by atoms with Crippen LogP contribution in [0.5, 0.6) is 0 Å². The summed E-state index contributed by atoms with van der Waals surface area (Å²) in [6, 6.07) is 1.55. The highest BCUT2D eigenvalue weighted by atomic mass is 16.6. The summed E-state index contributed by atoms with van der Waals surface area (Å²) in [6.45, 7) is 3.31. The van der Waals surface area contributed by atoms with Crippen molar-refractivity contribution in [1.82, 2.24) is 14.5 Å². The molecule has 2 heterocycles. The Morgan fingerprint density at radius 3 is 2.95 bits per heavy atom. The van der Waals surface area contributed by atoms with Crippen LogP contribution in [-0.2, 0) is 6.54 Å². The third-order valence-electron chi connectivity index (χ3n) is 3.01. The van der Waals surface area contributed by atoms with Crippen LogP contribution in [0.1, 0.15) is 12.0 Å². The summed E-state index contributed by atoms with van der Waals surface area (Å²) in [5.41, 5.74) is 0.836. The lowest BCUT2D eigenvalue weighted by atomic mass is 10.2. The van der Waals surface area contributed by atoms with Crippen LogP contribution in [0.2, 0.25) is 0 Å². The van der Waals surface area contributed by atoms with Gasteiger partial charge >= 0.3 is 5.69 Å². The number of hydrogen-bond donors (Lipinski definition) is 0. The van der Waals surface area contributed by atoms with Crippen molar-refractivity contribution in [2.75, 3.05) is 18.5 Å². The van der Waals surface area contributed by atoms with E-state index in [-0.39, 0.29) is 10.6 Å². The average molecular weight is 275 g/mol. The number of anilines is 1. The van der Waals surface area contributed by atoms with E-state index in [0.29, 0.717) is 12.4 Å². The highest BCUT2D eigenvalue weighted by molar-refractivity contribution is 5.57. The lowest BCUT2D eigenvalue weighted by Crippen LogP contribution is -2.22. The number of imidazole rings is 1. The maximum absolute atomic E-state index is 11.1. The van der Waals surface area contributed by atoms with Crippen LogP contribution in [-0.4, -0.2) is 33.1 Å². The van der Waals surface area contributed by atoms with Crippen molar-refractivity contribution >= 4 is 11.5 Å². The molecule has 0 aliphatic heterocycles. The van der Waals surface area contributed by atoms with Gasteiger partial charge in [-0.2, -0.15) is 0 Å². The summed E-state index contributed by atoms with van der Waals surface area (Å²) in [7, 11) is 1.82. The van der Waals surface area contributed by atoms with Crippen LogP contribution in [0.4, 0.5) is 11.5 Å². The summed E-state index contributed by atoms with van der Waals surface area (Å²) < 4.78 is 1.98. The van der Waals surface area contributed by atoms with Gasteiger partial charge in [0.25, 0.3) is 0 Å². The average Bonchev–Trinajstić information content (AvgIpc) is 2.91. The monoisotopic (exact) mass is 275 g/mol. The van der Waals surface area contributed by atoms with Gasteiger partial charge in [0.2, 0.25) is 5.82 Å². The molecule has 7 nitrogen and oxygen atoms in total. The number of pyridine rings is 1. The van der Waals surface area contributed by atoms with Gasteiger partial charge in [0.1, 0.15) is 0 Å². The number of nitro groups is 1. The van der Waals surface area contributed by atoms with Crippen molar-refractivity contribution in [3.05, 3.63) is 46.7 Å². The molecular formula is C13H17N5O2. The van der Waals surface area contributed by atoms with Crippen LogP contribution in [0.15, 0.2) is 31.0 Å². The minimum Gasteiger partial charge on any atom is -0.354 e. The molecule has 0 fully saturated rings. The van der Waals surface area contributed by atoms with E-state index in [1.807, 2.05) is 22.7 Å². The van der Waals surface area contributed by atoms with E-state index in [1.165, 1.54) is 0 Å². The molecule has 0 bridgehead atoms. The normalized spacial score (nSPS) is 10.5. The van der Waals surface area contributed by atoms with Gasteiger partial charge in [0.15, 0.2) is 0 Å². The molecule has 0 saturated heterocycles. The van der Waals surface area contributed by atoms with Gasteiger partial charge in [-0.05, 0) is 18.9 Å². The van der Waals surface area contributed by atoms with Gasteiger partial charge in [0.05, 0.1) is 11.3 Å². The molecule has 7 heteroatoms. The fourth-order valence-corrected chi connectivity index (χ4v) is 1.99. The zero-order chi connectivity index (χ0) is 14.5. The molecule has 0 radical (unpaired) electrons. The predicted octanol–water partition coefficient (Wildman–Crippen LogP) is 2.02. The van der Waals surface area contributed by atoms with E-state index < -0.39 is 0 Å². The Kier molecular flexibility index (Phi) is 4.29. The van der Waals surface area contributed by atoms with Crippen molar-refractivity contribution in [2.45, 2.75) is 19.9 Å². The molecule has 20 heavy (non-hydrogen) atoms. The zero-order valence-electron chi connectivity index (χ0n) is 11.6. The second-order valence-corrected chi connectivity index (χ2v) is 4.69. The SMILES string of the molecule is Cc1cnc(N(C)CCCn2ccnc2)c([N+](=O)[O-])c1. The Labute approximate surface area is 117 Å². The van der Waals surface area contributed by atoms with E-state index in [4.69, 9.17) is 0 Å². The fraction of sp³-hybridized carbons (Fsp3) is 0.385. The first kappa shape index (κ1) is 14.0. The van der Waals surface area contributed by atoms with Crippen molar-refractivity contribution in [3.8, 4) is 0 Å². The Balaban J connectivity index is 2.01. The number of nitrogens with zero attached hydrogens (tertiary/aromatic N) is 5. The fourth-order valence-electron chi connectivity index (χ4n) is 1.99. The third kappa shape index (κ3) is 3.31. The van der Waals surface area contributed by atoms with Gasteiger partial charge in [-0.15, -0.1) is 0 Å². The number of aromatic nitrogens is 3. The van der Waals surface area contributed by atoms with E-state index in [2.05, 4.69) is 9.97 Å². The second-order valence-electron chi connectivity index (χ2n) is 4.69. The van der Waals surface area contributed by atoms with Gasteiger partial charge in [-0.1, -0.05) is 0 Å². The summed E-state index contributed by atoms with van der Waals surface area (Å²) in [4.78, 5) is 20.6. The van der Waals surface area contributed by atoms with Crippen LogP contribution in [0.3, 0.4) is 0 Å². The third-order valence-corrected chi connectivity index (χ3v) is 3.01. The minimum absolute atomic E-state index is 0.0510. The van der Waals surface area contributed by atoms with Crippen LogP contribution in [0.25, 0.3) is 0 Å². The van der Waals surface area contributed by atoms with Gasteiger partial charge < -0.3 is 9.47 Å². The molecule has 0 spiro atoms. The maximum atomic E-state index is 11.1. The zero-order valence-corrected chi connectivity index (χ0v) is 11.6. The first-order valence-corrected chi connectivity index (χ1v) is 6.36. The lowest BCUT2D eigenvalue weighted by Gasteiger charge is -2.18. The van der Waals surface area contributed by atoms with Gasteiger partial charge in [-0.25, -0.2) is 9.97 Å². The summed E-state index contributed by atoms with van der Waals surface area (Å²) in [5.74, 6) is 0.409. The van der Waals surface area contributed by atoms with Crippen LogP contribution < -0.4 is 4.90 Å². The minimum atomic E-state index is -0.387. The van der Waals surface area contributed by atoms with Gasteiger partial charge in [-0.3, -0.25) is 10.1 Å². The smallest absolute Gasteiger partial charge is 0.311 e. The molecule has 0 aliphatic rings. The number of rotatable bonds is 6. The molecule has 106 valence electrons. The molecular weight excluding hydrogens is 258 g/mol. The van der Waals surface area contributed by atoms with Crippen LogP contribution in [0, 0.1) is 17.0 Å². The summed E-state index contributed by atoms with van der Waals surface area (Å²) in [5, 5.41) is 11.1. The van der Waals surface area contributed by atoms with Crippen molar-refractivity contribution in [2.24, 2.45) is 0 Å². The van der Waals surface area contributed by atoms with Gasteiger partial charge in [0, 0.05) is 44.8 Å². The second kappa shape index (κ2) is 6.14. The summed E-state index contributed by atoms with van der Waals surface area (Å²) >= 11 is 0. The highest BCUT2D eigenvalue weighted by Gasteiger charge is 2.18. The molecule has 0 saturated carbocycles. The molecule has 0 aromatic carbocycles. The molecule has 2 rings (SSSR count). The first-order valence-electron chi connectivity index (χ1n) is 6.36. The molecule has 0 aliphatic carbocycles. The van der Waals surface area contributed by atoms with Crippen molar-refractivity contribution < 1.29 is 4.92 Å². The molecule has 0 N–H and O–H groups in total. The van der Waals surface area contributed by atoms with E-state index >= 15 is 0 Å². The largest absolute Gasteiger partial charge is 0.354 e. The Bertz CT molecular complexity index is 582. The first-order chi connectivity index (χ1) is 9.58. The Morgan fingerprint density at radius 2 is 2.30 bits per heavy atom. The quantitative estimate of drug-likeness (QED) is 0.595. The number of aryl methyl sites for hydroxylation is 2. The number of hydrogen-bond acceptors (Lipinski definition) is 5. The Morgan fingerprint density at radius 1 is 1.50 bits per heavy atom. The Hall–Kier alpha value is -2.44. The molecule has 2 aromatic rings. The highest BCUT2D eigenvalue weighted by Crippen LogP contribution is 2.25. The van der Waals surface area contributed by atoms with E-state index in [0.717, 1.165) is 18.5 Å². The standard InChI is InChI=1S/C13H17N5O2/c1-11-8-12(18(19)20)13(15-9-11)16(2)5-3-6-17-7-4-14-10-17/h4,7-10H,3,5-6H2,1-2H3.